The van der Waals surface area contributed by atoms with Crippen LogP contribution in [-0.2, 0) is 5.41 Å². The molecule has 1 aliphatic rings. The van der Waals surface area contributed by atoms with Crippen molar-refractivity contribution in [2.45, 2.75) is 19.3 Å². The molecule has 0 saturated heterocycles. The van der Waals surface area contributed by atoms with Crippen LogP contribution >= 0.6 is 0 Å². The van der Waals surface area contributed by atoms with Crippen LogP contribution in [0.5, 0.6) is 0 Å². The molecule has 2 nitrogen and oxygen atoms in total. The number of furan rings is 1. The second-order valence-corrected chi connectivity index (χ2v) is 11.7. The molecule has 0 radical (unpaired) electrons. The highest BCUT2D eigenvalue weighted by atomic mass is 16.3. The summed E-state index contributed by atoms with van der Waals surface area (Å²) in [6.07, 6.45) is 0. The van der Waals surface area contributed by atoms with Gasteiger partial charge in [-0.1, -0.05) is 117 Å². The molecule has 0 unspecified atom stereocenters. The van der Waals surface area contributed by atoms with Crippen LogP contribution in [-0.4, -0.2) is 4.57 Å². The van der Waals surface area contributed by atoms with Crippen molar-refractivity contribution in [2.75, 3.05) is 0 Å². The number of nitrogens with zero attached hydrogens (tertiary/aromatic N) is 1. The van der Waals surface area contributed by atoms with Crippen molar-refractivity contribution in [2.24, 2.45) is 0 Å². The van der Waals surface area contributed by atoms with Gasteiger partial charge in [-0.15, -0.1) is 0 Å². The van der Waals surface area contributed by atoms with Crippen molar-refractivity contribution in [3.8, 4) is 27.9 Å². The summed E-state index contributed by atoms with van der Waals surface area (Å²) in [6.45, 7) is 4.69. The van der Waals surface area contributed by atoms with E-state index in [9.17, 15) is 0 Å². The number of para-hydroxylation sites is 2. The quantitative estimate of drug-likeness (QED) is 0.219. The van der Waals surface area contributed by atoms with E-state index in [1.807, 2.05) is 0 Å². The largest absolute Gasteiger partial charge is 0.456 e. The SMILES string of the molecule is CC1(C)c2ccccc2-c2c1c1oc3ccccc3c1c1c2c2ccccc2n1-c1ccc(-c2ccccc2)cc1. The number of aromatic nitrogens is 1. The Morgan fingerprint density at radius 3 is 2.07 bits per heavy atom. The van der Waals surface area contributed by atoms with Gasteiger partial charge in [0, 0.05) is 32.8 Å². The summed E-state index contributed by atoms with van der Waals surface area (Å²) < 4.78 is 9.28. The van der Waals surface area contributed by atoms with Gasteiger partial charge in [0.2, 0.25) is 0 Å². The molecule has 2 heterocycles. The van der Waals surface area contributed by atoms with Crippen LogP contribution in [0.3, 0.4) is 0 Å². The van der Waals surface area contributed by atoms with E-state index in [1.165, 1.54) is 60.6 Å². The Morgan fingerprint density at radius 2 is 1.24 bits per heavy atom. The van der Waals surface area contributed by atoms with Gasteiger partial charge < -0.3 is 8.98 Å². The molecule has 194 valence electrons. The number of hydrogen-bond donors (Lipinski definition) is 0. The topological polar surface area (TPSA) is 18.1 Å². The molecular formula is C39H27NO. The molecule has 6 aromatic carbocycles. The maximum absolute atomic E-state index is 6.82. The monoisotopic (exact) mass is 525 g/mol. The normalized spacial score (nSPS) is 13.8. The summed E-state index contributed by atoms with van der Waals surface area (Å²) in [4.78, 5) is 0. The lowest BCUT2D eigenvalue weighted by Crippen LogP contribution is -2.15. The first-order chi connectivity index (χ1) is 20.1. The molecule has 2 aromatic heterocycles. The van der Waals surface area contributed by atoms with Crippen LogP contribution in [0.15, 0.2) is 132 Å². The zero-order valence-electron chi connectivity index (χ0n) is 23.0. The van der Waals surface area contributed by atoms with Gasteiger partial charge in [0.25, 0.3) is 0 Å². The van der Waals surface area contributed by atoms with Gasteiger partial charge >= 0.3 is 0 Å². The Balaban J connectivity index is 1.50. The minimum absolute atomic E-state index is 0.188. The van der Waals surface area contributed by atoms with E-state index < -0.39 is 0 Å². The van der Waals surface area contributed by atoms with Crippen LogP contribution in [0.4, 0.5) is 0 Å². The standard InChI is InChI=1S/C39H27NO/c1-39(2)30-17-9-6-14-27(30)33-34-28-15-7-10-18-31(28)40(26-22-20-25(21-23-26)24-12-4-3-5-13-24)37(34)35-29-16-8-11-19-32(29)41-38(35)36(33)39/h3-23H,1-2H3. The number of benzene rings is 6. The zero-order valence-corrected chi connectivity index (χ0v) is 23.0. The average Bonchev–Trinajstić information content (AvgIpc) is 3.64. The fraction of sp³-hybridized carbons (Fsp3) is 0.0769. The molecule has 0 fully saturated rings. The fourth-order valence-electron chi connectivity index (χ4n) is 7.37. The molecular weight excluding hydrogens is 498 g/mol. The van der Waals surface area contributed by atoms with Gasteiger partial charge in [-0.2, -0.15) is 0 Å². The molecule has 0 aliphatic heterocycles. The molecule has 0 amide bonds. The smallest absolute Gasteiger partial charge is 0.142 e. The third kappa shape index (κ3) is 2.92. The van der Waals surface area contributed by atoms with E-state index in [0.717, 1.165) is 22.2 Å². The molecule has 8 aromatic rings. The first-order valence-corrected chi connectivity index (χ1v) is 14.3. The highest BCUT2D eigenvalue weighted by molar-refractivity contribution is 6.30. The van der Waals surface area contributed by atoms with Crippen molar-refractivity contribution < 1.29 is 4.42 Å². The van der Waals surface area contributed by atoms with Crippen molar-refractivity contribution >= 4 is 43.7 Å². The summed E-state index contributed by atoms with van der Waals surface area (Å²) in [7, 11) is 0. The lowest BCUT2D eigenvalue weighted by atomic mass is 9.81. The van der Waals surface area contributed by atoms with E-state index in [-0.39, 0.29) is 5.41 Å². The van der Waals surface area contributed by atoms with Crippen molar-refractivity contribution in [3.63, 3.8) is 0 Å². The lowest BCUT2D eigenvalue weighted by Gasteiger charge is -2.22. The summed E-state index contributed by atoms with van der Waals surface area (Å²) >= 11 is 0. The highest BCUT2D eigenvalue weighted by Gasteiger charge is 2.41. The van der Waals surface area contributed by atoms with Crippen LogP contribution in [0.2, 0.25) is 0 Å². The fourth-order valence-corrected chi connectivity index (χ4v) is 7.37. The summed E-state index contributed by atoms with van der Waals surface area (Å²) in [5.74, 6) is 0. The lowest BCUT2D eigenvalue weighted by molar-refractivity contribution is 0.620. The van der Waals surface area contributed by atoms with Crippen molar-refractivity contribution in [1.82, 2.24) is 4.57 Å². The number of fused-ring (bicyclic) bond motifs is 12. The third-order valence-corrected chi connectivity index (χ3v) is 9.16. The van der Waals surface area contributed by atoms with E-state index in [4.69, 9.17) is 4.42 Å². The average molecular weight is 526 g/mol. The maximum atomic E-state index is 6.82. The molecule has 0 spiro atoms. The first kappa shape index (κ1) is 22.7. The van der Waals surface area contributed by atoms with E-state index >= 15 is 0 Å². The highest BCUT2D eigenvalue weighted by Crippen LogP contribution is 2.57. The molecule has 0 N–H and O–H groups in total. The third-order valence-electron chi connectivity index (χ3n) is 9.16. The van der Waals surface area contributed by atoms with E-state index in [1.54, 1.807) is 0 Å². The number of hydrogen-bond acceptors (Lipinski definition) is 1. The second-order valence-electron chi connectivity index (χ2n) is 11.7. The Kier molecular flexibility index (Phi) is 4.42. The molecule has 1 aliphatic carbocycles. The first-order valence-electron chi connectivity index (χ1n) is 14.3. The Labute approximate surface area is 238 Å². The second kappa shape index (κ2) is 7.99. The maximum Gasteiger partial charge on any atom is 0.142 e. The van der Waals surface area contributed by atoms with Gasteiger partial charge in [-0.25, -0.2) is 0 Å². The minimum atomic E-state index is -0.188. The van der Waals surface area contributed by atoms with Crippen LogP contribution in [0, 0.1) is 0 Å². The molecule has 2 heteroatoms. The van der Waals surface area contributed by atoms with Gasteiger partial charge in [-0.05, 0) is 52.1 Å². The van der Waals surface area contributed by atoms with Crippen molar-refractivity contribution in [3.05, 3.63) is 139 Å². The molecule has 0 bridgehead atoms. The Hall–Kier alpha value is -5.08. The predicted molar refractivity (Wildman–Crippen MR) is 171 cm³/mol. The molecule has 41 heavy (non-hydrogen) atoms. The van der Waals surface area contributed by atoms with Gasteiger partial charge in [-0.3, -0.25) is 0 Å². The number of rotatable bonds is 2. The predicted octanol–water partition coefficient (Wildman–Crippen LogP) is 10.7. The molecule has 0 atom stereocenters. The Morgan fingerprint density at radius 1 is 0.585 bits per heavy atom. The minimum Gasteiger partial charge on any atom is -0.456 e. The van der Waals surface area contributed by atoms with Crippen LogP contribution in [0.1, 0.15) is 25.0 Å². The van der Waals surface area contributed by atoms with Crippen LogP contribution < -0.4 is 0 Å². The van der Waals surface area contributed by atoms with Gasteiger partial charge in [0.05, 0.1) is 16.4 Å². The van der Waals surface area contributed by atoms with E-state index in [0.29, 0.717) is 0 Å². The van der Waals surface area contributed by atoms with E-state index in [2.05, 4.69) is 146 Å². The van der Waals surface area contributed by atoms with Crippen molar-refractivity contribution in [1.29, 1.82) is 0 Å². The molecule has 0 saturated carbocycles. The van der Waals surface area contributed by atoms with Gasteiger partial charge in [0.1, 0.15) is 11.2 Å². The summed E-state index contributed by atoms with van der Waals surface area (Å²) in [6, 6.07) is 45.8. The zero-order chi connectivity index (χ0) is 27.3. The molecule has 9 rings (SSSR count). The Bertz CT molecular complexity index is 2310. The summed E-state index contributed by atoms with van der Waals surface area (Å²) in [5.41, 5.74) is 13.0. The summed E-state index contributed by atoms with van der Waals surface area (Å²) in [5, 5.41) is 4.93. The van der Waals surface area contributed by atoms with Crippen LogP contribution in [0.25, 0.3) is 71.7 Å². The van der Waals surface area contributed by atoms with Gasteiger partial charge in [0.15, 0.2) is 0 Å².